The average Bonchev–Trinajstić information content (AvgIpc) is 2.95. The summed E-state index contributed by atoms with van der Waals surface area (Å²) in [6.07, 6.45) is 0.374. The molecule has 0 aromatic heterocycles. The summed E-state index contributed by atoms with van der Waals surface area (Å²) >= 11 is 6.27. The maximum Gasteiger partial charge on any atom is 0.228 e. The Kier molecular flexibility index (Phi) is 5.30. The van der Waals surface area contributed by atoms with Crippen LogP contribution >= 0.6 is 11.6 Å². The summed E-state index contributed by atoms with van der Waals surface area (Å²) in [6, 6.07) is 15.2. The maximum absolute atomic E-state index is 12.2. The summed E-state index contributed by atoms with van der Waals surface area (Å²) in [5.41, 5.74) is 2.47. The highest BCUT2D eigenvalue weighted by Gasteiger charge is 2.32. The van der Waals surface area contributed by atoms with Gasteiger partial charge in [0.1, 0.15) is 0 Å². The first-order valence-electron chi connectivity index (χ1n) is 8.01. The third-order valence-electron chi connectivity index (χ3n) is 4.17. The standard InChI is InChI=1S/C18H19ClN2O3S/c19-16-10-15(21-18(22)14-8-9-25(23,24)12-14)6-7-17(16)20-11-13-4-2-1-3-5-13/h1-7,10,14,20H,8-9,11-12H2,(H,21,22)/t14-/m1/s1. The predicted octanol–water partition coefficient (Wildman–Crippen LogP) is 3.33. The van der Waals surface area contributed by atoms with Crippen LogP contribution in [0.15, 0.2) is 48.5 Å². The van der Waals surface area contributed by atoms with Crippen LogP contribution in [0, 0.1) is 5.92 Å². The van der Waals surface area contributed by atoms with E-state index in [-0.39, 0.29) is 17.4 Å². The number of carbonyl (C=O) groups excluding carboxylic acids is 1. The molecule has 3 rings (SSSR count). The summed E-state index contributed by atoms with van der Waals surface area (Å²) in [5.74, 6) is -0.765. The Bertz CT molecular complexity index is 869. The second-order valence-electron chi connectivity index (χ2n) is 6.12. The van der Waals surface area contributed by atoms with E-state index in [4.69, 9.17) is 11.6 Å². The van der Waals surface area contributed by atoms with Gasteiger partial charge in [-0.3, -0.25) is 4.79 Å². The third-order valence-corrected chi connectivity index (χ3v) is 6.25. The molecule has 0 saturated carbocycles. The molecule has 0 radical (unpaired) electrons. The van der Waals surface area contributed by atoms with E-state index in [1.807, 2.05) is 30.3 Å². The number of hydrogen-bond donors (Lipinski definition) is 2. The molecule has 7 heteroatoms. The minimum Gasteiger partial charge on any atom is -0.380 e. The Morgan fingerprint density at radius 3 is 2.56 bits per heavy atom. The largest absolute Gasteiger partial charge is 0.380 e. The van der Waals surface area contributed by atoms with Gasteiger partial charge in [0, 0.05) is 12.2 Å². The topological polar surface area (TPSA) is 75.3 Å². The van der Waals surface area contributed by atoms with Crippen molar-refractivity contribution in [1.29, 1.82) is 0 Å². The lowest BCUT2D eigenvalue weighted by Gasteiger charge is -2.12. The molecule has 132 valence electrons. The molecule has 1 saturated heterocycles. The van der Waals surface area contributed by atoms with Gasteiger partial charge < -0.3 is 10.6 Å². The molecule has 1 amide bonds. The lowest BCUT2D eigenvalue weighted by atomic mass is 10.1. The number of anilines is 2. The van der Waals surface area contributed by atoms with Crippen molar-refractivity contribution >= 4 is 38.7 Å². The number of sulfone groups is 1. The quantitative estimate of drug-likeness (QED) is 0.836. The fraction of sp³-hybridized carbons (Fsp3) is 0.278. The normalized spacial score (nSPS) is 18.7. The van der Waals surface area contributed by atoms with Crippen molar-refractivity contribution in [2.75, 3.05) is 22.1 Å². The van der Waals surface area contributed by atoms with E-state index in [1.165, 1.54) is 0 Å². The van der Waals surface area contributed by atoms with Gasteiger partial charge in [-0.25, -0.2) is 8.42 Å². The van der Waals surface area contributed by atoms with Gasteiger partial charge in [0.15, 0.2) is 9.84 Å². The zero-order valence-electron chi connectivity index (χ0n) is 13.5. The van der Waals surface area contributed by atoms with E-state index in [0.717, 1.165) is 11.3 Å². The summed E-state index contributed by atoms with van der Waals surface area (Å²) in [7, 11) is -3.08. The SMILES string of the molecule is O=C(Nc1ccc(NCc2ccccc2)c(Cl)c1)[C@@H]1CCS(=O)(=O)C1. The molecule has 1 aliphatic rings. The molecule has 25 heavy (non-hydrogen) atoms. The molecule has 1 atom stereocenters. The molecule has 0 spiro atoms. The van der Waals surface area contributed by atoms with Crippen molar-refractivity contribution < 1.29 is 13.2 Å². The van der Waals surface area contributed by atoms with Crippen LogP contribution in [0.4, 0.5) is 11.4 Å². The Hall–Kier alpha value is -2.05. The Balaban J connectivity index is 1.61. The van der Waals surface area contributed by atoms with Crippen LogP contribution in [0.3, 0.4) is 0 Å². The Morgan fingerprint density at radius 1 is 1.16 bits per heavy atom. The molecule has 1 heterocycles. The van der Waals surface area contributed by atoms with Gasteiger partial charge in [0.25, 0.3) is 0 Å². The molecular formula is C18H19ClN2O3S. The lowest BCUT2D eigenvalue weighted by Crippen LogP contribution is -2.23. The van der Waals surface area contributed by atoms with Crippen molar-refractivity contribution in [2.24, 2.45) is 5.92 Å². The fourth-order valence-electron chi connectivity index (χ4n) is 2.78. The number of amides is 1. The molecule has 0 aliphatic carbocycles. The van der Waals surface area contributed by atoms with Gasteiger partial charge >= 0.3 is 0 Å². The molecule has 2 N–H and O–H groups in total. The highest BCUT2D eigenvalue weighted by Crippen LogP contribution is 2.27. The van der Waals surface area contributed by atoms with Gasteiger partial charge in [-0.05, 0) is 30.2 Å². The minimum atomic E-state index is -3.08. The monoisotopic (exact) mass is 378 g/mol. The lowest BCUT2D eigenvalue weighted by molar-refractivity contribution is -0.119. The Labute approximate surface area is 152 Å². The number of rotatable bonds is 5. The van der Waals surface area contributed by atoms with E-state index >= 15 is 0 Å². The zero-order valence-corrected chi connectivity index (χ0v) is 15.1. The van der Waals surface area contributed by atoms with Crippen LogP contribution < -0.4 is 10.6 Å². The molecule has 1 fully saturated rings. The number of halogens is 1. The first-order valence-corrected chi connectivity index (χ1v) is 10.2. The van der Waals surface area contributed by atoms with Crippen LogP contribution in [-0.2, 0) is 21.2 Å². The zero-order chi connectivity index (χ0) is 17.9. The number of nitrogens with one attached hydrogen (secondary N) is 2. The first-order chi connectivity index (χ1) is 11.9. The number of benzene rings is 2. The smallest absolute Gasteiger partial charge is 0.228 e. The summed E-state index contributed by atoms with van der Waals surface area (Å²) in [4.78, 5) is 12.2. The highest BCUT2D eigenvalue weighted by atomic mass is 35.5. The number of carbonyl (C=O) groups is 1. The summed E-state index contributed by atoms with van der Waals surface area (Å²) in [6.45, 7) is 0.645. The summed E-state index contributed by atoms with van der Waals surface area (Å²) in [5, 5.41) is 6.49. The van der Waals surface area contributed by atoms with Crippen LogP contribution in [0.25, 0.3) is 0 Å². The average molecular weight is 379 g/mol. The third kappa shape index (κ3) is 4.74. The van der Waals surface area contributed by atoms with Gasteiger partial charge in [0.2, 0.25) is 5.91 Å². The second-order valence-corrected chi connectivity index (χ2v) is 8.76. The Morgan fingerprint density at radius 2 is 1.92 bits per heavy atom. The minimum absolute atomic E-state index is 0.0776. The molecule has 5 nitrogen and oxygen atoms in total. The number of hydrogen-bond acceptors (Lipinski definition) is 4. The molecule has 0 unspecified atom stereocenters. The highest BCUT2D eigenvalue weighted by molar-refractivity contribution is 7.91. The second kappa shape index (κ2) is 7.45. The van der Waals surface area contributed by atoms with Crippen LogP contribution in [0.2, 0.25) is 5.02 Å². The van der Waals surface area contributed by atoms with Gasteiger partial charge in [-0.2, -0.15) is 0 Å². The van der Waals surface area contributed by atoms with Crippen LogP contribution in [-0.4, -0.2) is 25.8 Å². The van der Waals surface area contributed by atoms with E-state index in [0.29, 0.717) is 23.7 Å². The van der Waals surface area contributed by atoms with Crippen molar-refractivity contribution in [3.8, 4) is 0 Å². The molecule has 1 aliphatic heterocycles. The molecule has 0 bridgehead atoms. The van der Waals surface area contributed by atoms with Crippen LogP contribution in [0.5, 0.6) is 0 Å². The van der Waals surface area contributed by atoms with Gasteiger partial charge in [0.05, 0.1) is 28.1 Å². The molecular weight excluding hydrogens is 360 g/mol. The maximum atomic E-state index is 12.2. The molecule has 2 aromatic rings. The van der Waals surface area contributed by atoms with Crippen molar-refractivity contribution in [2.45, 2.75) is 13.0 Å². The van der Waals surface area contributed by atoms with E-state index in [1.54, 1.807) is 18.2 Å². The van der Waals surface area contributed by atoms with Crippen molar-refractivity contribution in [1.82, 2.24) is 0 Å². The van der Waals surface area contributed by atoms with Crippen molar-refractivity contribution in [3.63, 3.8) is 0 Å². The van der Waals surface area contributed by atoms with E-state index < -0.39 is 15.8 Å². The van der Waals surface area contributed by atoms with Gasteiger partial charge in [-0.15, -0.1) is 0 Å². The predicted molar refractivity (Wildman–Crippen MR) is 101 cm³/mol. The van der Waals surface area contributed by atoms with E-state index in [9.17, 15) is 13.2 Å². The van der Waals surface area contributed by atoms with Crippen molar-refractivity contribution in [3.05, 3.63) is 59.1 Å². The summed E-state index contributed by atoms with van der Waals surface area (Å²) < 4.78 is 23.0. The molecule has 2 aromatic carbocycles. The fourth-order valence-corrected chi connectivity index (χ4v) is 4.76. The van der Waals surface area contributed by atoms with Crippen LogP contribution in [0.1, 0.15) is 12.0 Å². The first kappa shape index (κ1) is 17.8. The van der Waals surface area contributed by atoms with Gasteiger partial charge in [-0.1, -0.05) is 41.9 Å². The van der Waals surface area contributed by atoms with E-state index in [2.05, 4.69) is 10.6 Å².